The number of Topliss-reactive ketones (excluding diaryl/α,β-unsaturated/α-hetero) is 1. The van der Waals surface area contributed by atoms with Crippen molar-refractivity contribution in [3.05, 3.63) is 110 Å². The Morgan fingerprint density at radius 1 is 1.03 bits per heavy atom. The summed E-state index contributed by atoms with van der Waals surface area (Å²) in [5, 5.41) is 20.9. The number of carbonyl (C=O) groups is 2. The van der Waals surface area contributed by atoms with Crippen LogP contribution in [-0.4, -0.2) is 27.0 Å². The molecule has 0 bridgehead atoms. The van der Waals surface area contributed by atoms with E-state index in [2.05, 4.69) is 26.1 Å². The van der Waals surface area contributed by atoms with Gasteiger partial charge in [0, 0.05) is 25.8 Å². The number of benzene rings is 3. The van der Waals surface area contributed by atoms with E-state index < -0.39 is 17.7 Å². The van der Waals surface area contributed by atoms with E-state index in [0.29, 0.717) is 31.3 Å². The number of hydrogen-bond donors (Lipinski definition) is 1. The molecule has 1 fully saturated rings. The second-order valence-electron chi connectivity index (χ2n) is 7.96. The maximum Gasteiger partial charge on any atom is 0.301 e. The van der Waals surface area contributed by atoms with Gasteiger partial charge in [0.15, 0.2) is 4.34 Å². The third-order valence-corrected chi connectivity index (χ3v) is 8.87. The number of halogens is 3. The number of carbonyl (C=O) groups excluding carboxylic acids is 2. The first-order valence-electron chi connectivity index (χ1n) is 10.9. The minimum atomic E-state index is -0.871. The lowest BCUT2D eigenvalue weighted by Crippen LogP contribution is -2.29. The molecule has 0 aliphatic carbocycles. The van der Waals surface area contributed by atoms with E-state index in [4.69, 9.17) is 23.2 Å². The van der Waals surface area contributed by atoms with Crippen LogP contribution in [0.25, 0.3) is 5.76 Å². The molecule has 2 heterocycles. The third-order valence-electron chi connectivity index (χ3n) is 5.65. The van der Waals surface area contributed by atoms with Gasteiger partial charge in [-0.1, -0.05) is 111 Å². The fourth-order valence-electron chi connectivity index (χ4n) is 3.88. The van der Waals surface area contributed by atoms with Crippen LogP contribution in [0.3, 0.4) is 0 Å². The van der Waals surface area contributed by atoms with Crippen LogP contribution in [0.2, 0.25) is 10.0 Å². The van der Waals surface area contributed by atoms with Crippen molar-refractivity contribution in [1.82, 2.24) is 10.2 Å². The van der Waals surface area contributed by atoms with Gasteiger partial charge in [0.1, 0.15) is 5.76 Å². The van der Waals surface area contributed by atoms with Crippen LogP contribution in [0.1, 0.15) is 22.7 Å². The number of nitrogens with zero attached hydrogens (tertiary/aromatic N) is 3. The SMILES string of the molecule is O=C1C(=O)N(c2nnc(SCc3ccc(Cl)cc3Cl)s2)C(c2ccc(Br)cc2)/C1=C(/O)c1ccccc1. The first kappa shape index (κ1) is 25.9. The van der Waals surface area contributed by atoms with Crippen molar-refractivity contribution in [2.75, 3.05) is 4.90 Å². The second-order valence-corrected chi connectivity index (χ2v) is 11.9. The van der Waals surface area contributed by atoms with E-state index in [1.807, 2.05) is 18.2 Å². The van der Waals surface area contributed by atoms with E-state index >= 15 is 0 Å². The van der Waals surface area contributed by atoms with Crippen molar-refractivity contribution in [2.45, 2.75) is 16.1 Å². The largest absolute Gasteiger partial charge is 0.507 e. The highest BCUT2D eigenvalue weighted by Crippen LogP contribution is 2.44. The summed E-state index contributed by atoms with van der Waals surface area (Å²) in [6, 6.07) is 20.3. The number of amides is 1. The number of aliphatic hydroxyl groups excluding tert-OH is 1. The molecule has 37 heavy (non-hydrogen) atoms. The lowest BCUT2D eigenvalue weighted by Gasteiger charge is -2.22. The Kier molecular flexibility index (Phi) is 7.69. The van der Waals surface area contributed by atoms with E-state index in [9.17, 15) is 14.7 Å². The zero-order valence-electron chi connectivity index (χ0n) is 18.8. The molecule has 1 N–H and O–H groups in total. The molecule has 0 spiro atoms. The quantitative estimate of drug-likeness (QED) is 0.0778. The number of rotatable bonds is 6. The molecule has 11 heteroatoms. The van der Waals surface area contributed by atoms with Gasteiger partial charge < -0.3 is 5.11 Å². The standard InChI is InChI=1S/C26H16BrCl2N3O3S2/c27-17-9-6-14(7-10-17)21-20(22(33)15-4-2-1-3-5-15)23(34)24(35)32(21)25-30-31-26(37-25)36-13-16-8-11-18(28)12-19(16)29/h1-12,21,33H,13H2/b22-20-. The predicted molar refractivity (Wildman–Crippen MR) is 151 cm³/mol. The third kappa shape index (κ3) is 5.32. The smallest absolute Gasteiger partial charge is 0.301 e. The number of anilines is 1. The van der Waals surface area contributed by atoms with Crippen LogP contribution in [0.4, 0.5) is 5.13 Å². The summed E-state index contributed by atoms with van der Waals surface area (Å²) in [4.78, 5) is 27.8. The molecule has 1 atom stereocenters. The van der Waals surface area contributed by atoms with Gasteiger partial charge in [-0.15, -0.1) is 10.2 Å². The number of hydrogen-bond acceptors (Lipinski definition) is 7. The number of thioether (sulfide) groups is 1. The van der Waals surface area contributed by atoms with E-state index in [1.165, 1.54) is 28.0 Å². The monoisotopic (exact) mass is 631 g/mol. The molecular weight excluding hydrogens is 617 g/mol. The molecule has 4 aromatic rings. The first-order chi connectivity index (χ1) is 17.8. The zero-order valence-corrected chi connectivity index (χ0v) is 23.5. The Hall–Kier alpha value is -2.69. The molecule has 1 saturated heterocycles. The van der Waals surface area contributed by atoms with Gasteiger partial charge in [0.2, 0.25) is 5.13 Å². The Morgan fingerprint density at radius 2 is 1.76 bits per heavy atom. The average Bonchev–Trinajstić information content (AvgIpc) is 3.46. The van der Waals surface area contributed by atoms with Crippen molar-refractivity contribution >= 4 is 84.8 Å². The molecular formula is C26H16BrCl2N3O3S2. The number of aromatic nitrogens is 2. The van der Waals surface area contributed by atoms with E-state index in [1.54, 1.807) is 54.6 Å². The Morgan fingerprint density at radius 3 is 2.46 bits per heavy atom. The summed E-state index contributed by atoms with van der Waals surface area (Å²) in [6.45, 7) is 0. The number of ketones is 1. The molecule has 5 rings (SSSR count). The van der Waals surface area contributed by atoms with Crippen LogP contribution in [0.5, 0.6) is 0 Å². The van der Waals surface area contributed by atoms with Crippen molar-refractivity contribution in [1.29, 1.82) is 0 Å². The van der Waals surface area contributed by atoms with Gasteiger partial charge in [-0.3, -0.25) is 14.5 Å². The predicted octanol–water partition coefficient (Wildman–Crippen LogP) is 7.53. The molecule has 1 aliphatic heterocycles. The van der Waals surface area contributed by atoms with Crippen molar-refractivity contribution in [2.24, 2.45) is 0 Å². The van der Waals surface area contributed by atoms with Crippen LogP contribution < -0.4 is 4.90 Å². The van der Waals surface area contributed by atoms with Gasteiger partial charge in [0.25, 0.3) is 5.78 Å². The Balaban J connectivity index is 1.52. The summed E-state index contributed by atoms with van der Waals surface area (Å²) in [6.07, 6.45) is 0. The molecule has 186 valence electrons. The van der Waals surface area contributed by atoms with Gasteiger partial charge >= 0.3 is 5.91 Å². The van der Waals surface area contributed by atoms with Crippen molar-refractivity contribution in [3.63, 3.8) is 0 Å². The van der Waals surface area contributed by atoms with Gasteiger partial charge in [-0.25, -0.2) is 0 Å². The Bertz CT molecular complexity index is 1530. The van der Waals surface area contributed by atoms with Crippen molar-refractivity contribution in [3.8, 4) is 0 Å². The minimum Gasteiger partial charge on any atom is -0.507 e. The van der Waals surface area contributed by atoms with E-state index in [-0.39, 0.29) is 16.5 Å². The van der Waals surface area contributed by atoms with Gasteiger partial charge in [-0.2, -0.15) is 0 Å². The molecule has 0 radical (unpaired) electrons. The van der Waals surface area contributed by atoms with Crippen LogP contribution in [-0.2, 0) is 15.3 Å². The molecule has 1 aromatic heterocycles. The van der Waals surface area contributed by atoms with E-state index in [0.717, 1.165) is 10.0 Å². The highest BCUT2D eigenvalue weighted by molar-refractivity contribution is 9.10. The zero-order chi connectivity index (χ0) is 26.1. The summed E-state index contributed by atoms with van der Waals surface area (Å²) < 4.78 is 1.44. The molecule has 1 aliphatic rings. The summed E-state index contributed by atoms with van der Waals surface area (Å²) in [5.41, 5.74) is 1.97. The molecule has 6 nitrogen and oxygen atoms in total. The fourth-order valence-corrected chi connectivity index (χ4v) is 6.57. The van der Waals surface area contributed by atoms with Crippen LogP contribution in [0.15, 0.2) is 87.2 Å². The first-order valence-corrected chi connectivity index (χ1v) is 14.2. The topological polar surface area (TPSA) is 83.4 Å². The lowest BCUT2D eigenvalue weighted by atomic mass is 9.95. The summed E-state index contributed by atoms with van der Waals surface area (Å²) >= 11 is 18.3. The number of aliphatic hydroxyl groups is 1. The van der Waals surface area contributed by atoms with Crippen molar-refractivity contribution < 1.29 is 14.7 Å². The van der Waals surface area contributed by atoms with Gasteiger partial charge in [-0.05, 0) is 35.4 Å². The molecule has 1 unspecified atom stereocenters. The van der Waals surface area contributed by atoms with Crippen LogP contribution >= 0.6 is 62.2 Å². The molecule has 0 saturated carbocycles. The summed E-state index contributed by atoms with van der Waals surface area (Å²) in [7, 11) is 0. The maximum absolute atomic E-state index is 13.3. The van der Waals surface area contributed by atoms with Crippen LogP contribution in [0, 0.1) is 0 Å². The molecule has 1 amide bonds. The summed E-state index contributed by atoms with van der Waals surface area (Å²) in [5.74, 6) is -1.29. The average molecular weight is 633 g/mol. The highest BCUT2D eigenvalue weighted by atomic mass is 79.9. The van der Waals surface area contributed by atoms with Gasteiger partial charge in [0.05, 0.1) is 11.6 Å². The normalized spacial score (nSPS) is 16.9. The highest BCUT2D eigenvalue weighted by Gasteiger charge is 2.48. The second kappa shape index (κ2) is 11.0. The Labute approximate surface area is 239 Å². The minimum absolute atomic E-state index is 0.00382. The lowest BCUT2D eigenvalue weighted by molar-refractivity contribution is -0.132. The fraction of sp³-hybridized carbons (Fsp3) is 0.0769. The maximum atomic E-state index is 13.3. The molecule has 3 aromatic carbocycles.